The lowest BCUT2D eigenvalue weighted by molar-refractivity contribution is -0.120. The largest absolute Gasteiger partial charge is 0.391 e. The molecule has 2 aliphatic rings. The first kappa shape index (κ1) is 21.9. The molecule has 2 aromatic rings. The Morgan fingerprint density at radius 3 is 2.87 bits per heavy atom. The van der Waals surface area contributed by atoms with E-state index in [1.54, 1.807) is 5.38 Å². The van der Waals surface area contributed by atoms with Crippen LogP contribution in [0, 0.1) is 0 Å². The Morgan fingerprint density at radius 1 is 1.26 bits per heavy atom. The van der Waals surface area contributed by atoms with E-state index < -0.39 is 27.6 Å². The number of sulfone groups is 1. The lowest BCUT2D eigenvalue weighted by Crippen LogP contribution is -2.46. The van der Waals surface area contributed by atoms with E-state index in [-0.39, 0.29) is 17.7 Å². The number of aliphatic hydroxyl groups is 1. The van der Waals surface area contributed by atoms with E-state index in [2.05, 4.69) is 15.6 Å². The summed E-state index contributed by atoms with van der Waals surface area (Å²) in [6.07, 6.45) is 3.58. The van der Waals surface area contributed by atoms with Gasteiger partial charge in [-0.25, -0.2) is 13.4 Å². The summed E-state index contributed by atoms with van der Waals surface area (Å²) >= 11 is 1.24. The van der Waals surface area contributed by atoms with Crippen molar-refractivity contribution < 1.29 is 23.1 Å². The number of thiazole rings is 1. The number of fused-ring (bicyclic) bond motifs is 1. The maximum absolute atomic E-state index is 12.5. The number of aromatic nitrogens is 1. The molecule has 8 nitrogen and oxygen atoms in total. The molecule has 0 spiro atoms. The Bertz CT molecular complexity index is 1100. The zero-order valence-corrected chi connectivity index (χ0v) is 18.6. The molecule has 31 heavy (non-hydrogen) atoms. The van der Waals surface area contributed by atoms with Gasteiger partial charge in [-0.1, -0.05) is 18.9 Å². The van der Waals surface area contributed by atoms with E-state index in [1.165, 1.54) is 11.3 Å². The van der Waals surface area contributed by atoms with E-state index >= 15 is 0 Å². The van der Waals surface area contributed by atoms with Gasteiger partial charge in [-0.3, -0.25) is 9.59 Å². The standard InChI is InChI=1S/C21H25N3O5S2/c25-18-4-2-1-3-16(18)23-20(27)11-31(28,29)12-21-24-17(10-30-21)14-5-7-15-13(9-14)6-8-19(26)22-15/h5,7,9-10,16,18,25H,1-4,6,8,11-12H2,(H,22,26)(H,23,27)/t16-,18+/m0/s1. The Kier molecular flexibility index (Phi) is 6.40. The number of aryl methyl sites for hydroxylation is 1. The molecule has 10 heteroatoms. The number of hydrogen-bond donors (Lipinski definition) is 3. The van der Waals surface area contributed by atoms with Crippen LogP contribution in [0.2, 0.25) is 0 Å². The van der Waals surface area contributed by atoms with Gasteiger partial charge in [0.1, 0.15) is 16.5 Å². The van der Waals surface area contributed by atoms with Gasteiger partial charge in [0, 0.05) is 23.1 Å². The third-order valence-corrected chi connectivity index (χ3v) is 8.07. The summed E-state index contributed by atoms with van der Waals surface area (Å²) in [6.45, 7) is 0. The molecule has 2 atom stereocenters. The van der Waals surface area contributed by atoms with Crippen molar-refractivity contribution in [1.29, 1.82) is 0 Å². The predicted octanol–water partition coefficient (Wildman–Crippen LogP) is 2.03. The molecular weight excluding hydrogens is 438 g/mol. The molecule has 2 heterocycles. The van der Waals surface area contributed by atoms with Crippen molar-refractivity contribution in [3.8, 4) is 11.3 Å². The predicted molar refractivity (Wildman–Crippen MR) is 118 cm³/mol. The molecule has 1 aliphatic heterocycles. The lowest BCUT2D eigenvalue weighted by Gasteiger charge is -2.28. The summed E-state index contributed by atoms with van der Waals surface area (Å²) in [5, 5.41) is 17.7. The number of aliphatic hydroxyl groups excluding tert-OH is 1. The van der Waals surface area contributed by atoms with E-state index in [4.69, 9.17) is 0 Å². The molecule has 0 radical (unpaired) electrons. The molecule has 4 rings (SSSR count). The first-order valence-corrected chi connectivity index (χ1v) is 13.0. The first-order chi connectivity index (χ1) is 14.8. The fourth-order valence-electron chi connectivity index (χ4n) is 4.02. The molecule has 0 saturated heterocycles. The average Bonchev–Trinajstić information content (AvgIpc) is 3.16. The van der Waals surface area contributed by atoms with Gasteiger partial charge in [-0.05, 0) is 37.0 Å². The number of hydrogen-bond acceptors (Lipinski definition) is 7. The van der Waals surface area contributed by atoms with Crippen molar-refractivity contribution in [1.82, 2.24) is 10.3 Å². The second-order valence-electron chi connectivity index (χ2n) is 8.10. The van der Waals surface area contributed by atoms with Gasteiger partial charge >= 0.3 is 0 Å². The second kappa shape index (κ2) is 9.05. The minimum atomic E-state index is -3.68. The number of nitrogens with one attached hydrogen (secondary N) is 2. The Morgan fingerprint density at radius 2 is 2.06 bits per heavy atom. The number of amides is 2. The second-order valence-corrected chi connectivity index (χ2v) is 11.1. The molecule has 2 amide bonds. The van der Waals surface area contributed by atoms with Crippen LogP contribution in [0.15, 0.2) is 23.6 Å². The van der Waals surface area contributed by atoms with Crippen LogP contribution in [-0.2, 0) is 31.6 Å². The normalized spacial score (nSPS) is 21.3. The fraction of sp³-hybridized carbons (Fsp3) is 0.476. The highest BCUT2D eigenvalue weighted by Crippen LogP contribution is 2.30. The van der Waals surface area contributed by atoms with Gasteiger partial charge in [0.2, 0.25) is 11.8 Å². The number of rotatable bonds is 6. The van der Waals surface area contributed by atoms with Crippen molar-refractivity contribution in [3.05, 3.63) is 34.2 Å². The molecule has 166 valence electrons. The SMILES string of the molecule is O=C1CCc2cc(-c3csc(CS(=O)(=O)CC(=O)N[C@H]4CCCC[C@H]4O)n3)ccc2N1. The minimum Gasteiger partial charge on any atom is -0.391 e. The van der Waals surface area contributed by atoms with Gasteiger partial charge < -0.3 is 15.7 Å². The van der Waals surface area contributed by atoms with Crippen LogP contribution in [-0.4, -0.2) is 48.2 Å². The lowest BCUT2D eigenvalue weighted by atomic mass is 9.93. The number of carbonyl (C=O) groups excluding carboxylic acids is 2. The monoisotopic (exact) mass is 463 g/mol. The van der Waals surface area contributed by atoms with E-state index in [0.29, 0.717) is 36.4 Å². The van der Waals surface area contributed by atoms with Crippen LogP contribution < -0.4 is 10.6 Å². The maximum Gasteiger partial charge on any atom is 0.235 e. The highest BCUT2D eigenvalue weighted by molar-refractivity contribution is 7.91. The highest BCUT2D eigenvalue weighted by Gasteiger charge is 2.27. The first-order valence-electron chi connectivity index (χ1n) is 10.3. The van der Waals surface area contributed by atoms with E-state index in [9.17, 15) is 23.1 Å². The fourth-order valence-corrected chi connectivity index (χ4v) is 6.44. The van der Waals surface area contributed by atoms with Crippen molar-refractivity contribution >= 4 is 38.7 Å². The van der Waals surface area contributed by atoms with Crippen LogP contribution in [0.3, 0.4) is 0 Å². The Balaban J connectivity index is 1.39. The van der Waals surface area contributed by atoms with Gasteiger partial charge in [-0.2, -0.15) is 0 Å². The molecule has 1 fully saturated rings. The van der Waals surface area contributed by atoms with Crippen molar-refractivity contribution in [2.24, 2.45) is 0 Å². The summed E-state index contributed by atoms with van der Waals surface area (Å²) in [5.74, 6) is -1.51. The molecule has 0 bridgehead atoms. The van der Waals surface area contributed by atoms with Crippen molar-refractivity contribution in [2.45, 2.75) is 56.4 Å². The molecule has 3 N–H and O–H groups in total. The average molecular weight is 464 g/mol. The van der Waals surface area contributed by atoms with Gasteiger partial charge in [0.05, 0.1) is 17.8 Å². The zero-order valence-electron chi connectivity index (χ0n) is 17.0. The number of carbonyl (C=O) groups is 2. The molecule has 1 aromatic carbocycles. The Labute approximate surface area is 185 Å². The summed E-state index contributed by atoms with van der Waals surface area (Å²) in [7, 11) is -3.68. The number of nitrogens with zero attached hydrogens (tertiary/aromatic N) is 1. The van der Waals surface area contributed by atoms with Gasteiger partial charge in [0.25, 0.3) is 0 Å². The van der Waals surface area contributed by atoms with E-state index in [0.717, 1.165) is 29.7 Å². The highest BCUT2D eigenvalue weighted by atomic mass is 32.2. The minimum absolute atomic E-state index is 0.00318. The maximum atomic E-state index is 12.5. The molecule has 0 unspecified atom stereocenters. The quantitative estimate of drug-likeness (QED) is 0.602. The van der Waals surface area contributed by atoms with Gasteiger partial charge in [0.15, 0.2) is 9.84 Å². The third-order valence-electron chi connectivity index (χ3n) is 5.62. The summed E-state index contributed by atoms with van der Waals surface area (Å²) in [5.41, 5.74) is 3.36. The van der Waals surface area contributed by atoms with Crippen molar-refractivity contribution in [2.75, 3.05) is 11.1 Å². The molecule has 1 saturated carbocycles. The van der Waals surface area contributed by atoms with Crippen molar-refractivity contribution in [3.63, 3.8) is 0 Å². The van der Waals surface area contributed by atoms with Crippen LogP contribution >= 0.6 is 11.3 Å². The summed E-state index contributed by atoms with van der Waals surface area (Å²) in [4.78, 5) is 28.1. The summed E-state index contributed by atoms with van der Waals surface area (Å²) in [6, 6.07) is 5.27. The Hall–Kier alpha value is -2.30. The zero-order chi connectivity index (χ0) is 22.0. The molecule has 1 aromatic heterocycles. The van der Waals surface area contributed by atoms with Crippen LogP contribution in [0.25, 0.3) is 11.3 Å². The number of anilines is 1. The van der Waals surface area contributed by atoms with Crippen LogP contribution in [0.5, 0.6) is 0 Å². The number of benzene rings is 1. The van der Waals surface area contributed by atoms with Crippen LogP contribution in [0.1, 0.15) is 42.7 Å². The third kappa shape index (κ3) is 5.50. The van der Waals surface area contributed by atoms with Gasteiger partial charge in [-0.15, -0.1) is 11.3 Å². The topological polar surface area (TPSA) is 125 Å². The molecular formula is C21H25N3O5S2. The van der Waals surface area contributed by atoms with E-state index in [1.807, 2.05) is 18.2 Å². The van der Waals surface area contributed by atoms with Crippen LogP contribution in [0.4, 0.5) is 5.69 Å². The smallest absolute Gasteiger partial charge is 0.235 e. The summed E-state index contributed by atoms with van der Waals surface area (Å²) < 4.78 is 25.0. The molecule has 1 aliphatic carbocycles.